The van der Waals surface area contributed by atoms with Gasteiger partial charge in [0.1, 0.15) is 5.82 Å². The first-order valence-corrected chi connectivity index (χ1v) is 5.25. The van der Waals surface area contributed by atoms with Crippen LogP contribution >= 0.6 is 0 Å². The summed E-state index contributed by atoms with van der Waals surface area (Å²) in [6.45, 7) is 0. The van der Waals surface area contributed by atoms with E-state index in [0.717, 1.165) is 18.2 Å². The first kappa shape index (κ1) is 12.6. The number of anilines is 2. The first-order chi connectivity index (χ1) is 8.95. The van der Waals surface area contributed by atoms with Crippen molar-refractivity contribution in [2.75, 3.05) is 11.1 Å². The molecule has 0 saturated carbocycles. The van der Waals surface area contributed by atoms with Crippen molar-refractivity contribution in [3.05, 3.63) is 52.1 Å². The van der Waals surface area contributed by atoms with Crippen LogP contribution in [0.1, 0.15) is 10.4 Å². The van der Waals surface area contributed by atoms with E-state index in [-0.39, 0.29) is 16.9 Å². The maximum atomic E-state index is 13.4. The monoisotopic (exact) mass is 263 g/mol. The van der Waals surface area contributed by atoms with Crippen LogP contribution in [0.5, 0.6) is 5.88 Å². The van der Waals surface area contributed by atoms with E-state index in [1.54, 1.807) is 0 Å². The molecule has 0 aliphatic heterocycles. The molecule has 5 N–H and O–H groups in total. The van der Waals surface area contributed by atoms with Crippen molar-refractivity contribution in [2.45, 2.75) is 0 Å². The summed E-state index contributed by atoms with van der Waals surface area (Å²) in [6.07, 6.45) is 0. The standard InChI is InChI=1S/C12H10FN3O3/c13-8-2-1-7(14)5-9(8)15-12(19)6-3-10(17)16-11(18)4-6/h1-5H,14H2,(H,15,19)(H2,16,17,18). The highest BCUT2D eigenvalue weighted by atomic mass is 19.1. The summed E-state index contributed by atoms with van der Waals surface area (Å²) in [5.41, 5.74) is 4.92. The molecule has 19 heavy (non-hydrogen) atoms. The Labute approximate surface area is 106 Å². The van der Waals surface area contributed by atoms with Crippen LogP contribution in [0.2, 0.25) is 0 Å². The van der Waals surface area contributed by atoms with E-state index in [1.165, 1.54) is 12.1 Å². The van der Waals surface area contributed by atoms with Gasteiger partial charge in [0, 0.05) is 17.8 Å². The zero-order valence-electron chi connectivity index (χ0n) is 9.61. The van der Waals surface area contributed by atoms with Crippen molar-refractivity contribution >= 4 is 17.3 Å². The lowest BCUT2D eigenvalue weighted by Crippen LogP contribution is -2.16. The molecule has 0 spiro atoms. The number of amides is 1. The van der Waals surface area contributed by atoms with Gasteiger partial charge in [-0.05, 0) is 18.2 Å². The topological polar surface area (TPSA) is 108 Å². The summed E-state index contributed by atoms with van der Waals surface area (Å²) in [4.78, 5) is 25.0. The van der Waals surface area contributed by atoms with E-state index in [0.29, 0.717) is 0 Å². The van der Waals surface area contributed by atoms with Crippen molar-refractivity contribution in [2.24, 2.45) is 0 Å². The lowest BCUT2D eigenvalue weighted by Gasteiger charge is -2.07. The van der Waals surface area contributed by atoms with Gasteiger partial charge in [0.05, 0.1) is 11.3 Å². The number of carbonyl (C=O) groups is 1. The molecule has 1 heterocycles. The third-order valence-electron chi connectivity index (χ3n) is 2.33. The largest absolute Gasteiger partial charge is 0.494 e. The Bertz CT molecular complexity index is 697. The number of aromatic nitrogens is 1. The average Bonchev–Trinajstić information content (AvgIpc) is 2.32. The molecule has 0 radical (unpaired) electrons. The molecule has 0 fully saturated rings. The summed E-state index contributed by atoms with van der Waals surface area (Å²) in [5, 5.41) is 11.4. The number of hydrogen-bond donors (Lipinski definition) is 4. The third kappa shape index (κ3) is 2.89. The number of nitrogens with two attached hydrogens (primary N) is 1. The molecule has 1 amide bonds. The molecule has 0 bridgehead atoms. The number of H-pyrrole nitrogens is 1. The lowest BCUT2D eigenvalue weighted by atomic mass is 10.2. The van der Waals surface area contributed by atoms with E-state index in [1.807, 2.05) is 0 Å². The SMILES string of the molecule is Nc1ccc(F)c(NC(=O)c2cc(O)[nH]c(=O)c2)c1. The van der Waals surface area contributed by atoms with Crippen LogP contribution in [0.3, 0.4) is 0 Å². The van der Waals surface area contributed by atoms with E-state index in [9.17, 15) is 19.1 Å². The second kappa shape index (κ2) is 4.81. The van der Waals surface area contributed by atoms with Crippen LogP contribution in [0.15, 0.2) is 35.1 Å². The maximum Gasteiger partial charge on any atom is 0.256 e. The maximum absolute atomic E-state index is 13.4. The Morgan fingerprint density at radius 3 is 2.74 bits per heavy atom. The predicted octanol–water partition coefficient (Wildman–Crippen LogP) is 1.05. The van der Waals surface area contributed by atoms with E-state index < -0.39 is 23.2 Å². The lowest BCUT2D eigenvalue weighted by molar-refractivity contribution is 0.102. The summed E-state index contributed by atoms with van der Waals surface area (Å²) in [6, 6.07) is 5.75. The Kier molecular flexibility index (Phi) is 3.19. The highest BCUT2D eigenvalue weighted by Gasteiger charge is 2.11. The van der Waals surface area contributed by atoms with Gasteiger partial charge >= 0.3 is 0 Å². The summed E-state index contributed by atoms with van der Waals surface area (Å²) >= 11 is 0. The number of hydrogen-bond acceptors (Lipinski definition) is 4. The second-order valence-electron chi connectivity index (χ2n) is 3.81. The quantitative estimate of drug-likeness (QED) is 0.607. The number of halogens is 1. The number of aromatic amines is 1. The minimum atomic E-state index is -0.731. The van der Waals surface area contributed by atoms with E-state index in [4.69, 9.17) is 5.73 Å². The molecule has 0 atom stereocenters. The van der Waals surface area contributed by atoms with Crippen LogP contribution in [0, 0.1) is 5.82 Å². The van der Waals surface area contributed by atoms with Gasteiger partial charge < -0.3 is 16.2 Å². The molecular weight excluding hydrogens is 253 g/mol. The summed E-state index contributed by atoms with van der Waals surface area (Å²) in [7, 11) is 0. The van der Waals surface area contributed by atoms with Gasteiger partial charge in [0.2, 0.25) is 0 Å². The molecule has 0 saturated heterocycles. The zero-order chi connectivity index (χ0) is 14.0. The Hall–Kier alpha value is -2.83. The van der Waals surface area contributed by atoms with E-state index in [2.05, 4.69) is 10.3 Å². The first-order valence-electron chi connectivity index (χ1n) is 5.25. The van der Waals surface area contributed by atoms with Crippen molar-refractivity contribution < 1.29 is 14.3 Å². The van der Waals surface area contributed by atoms with Crippen LogP contribution in [0.25, 0.3) is 0 Å². The molecule has 98 valence electrons. The Balaban J connectivity index is 2.30. The zero-order valence-corrected chi connectivity index (χ0v) is 9.61. The number of rotatable bonds is 2. The number of pyridine rings is 1. The van der Waals surface area contributed by atoms with Gasteiger partial charge in [0.15, 0.2) is 5.88 Å². The third-order valence-corrected chi connectivity index (χ3v) is 2.33. The predicted molar refractivity (Wildman–Crippen MR) is 67.5 cm³/mol. The van der Waals surface area contributed by atoms with Crippen LogP contribution in [0.4, 0.5) is 15.8 Å². The van der Waals surface area contributed by atoms with Crippen molar-refractivity contribution in [1.82, 2.24) is 4.98 Å². The molecule has 7 heteroatoms. The van der Waals surface area contributed by atoms with Gasteiger partial charge in [-0.2, -0.15) is 0 Å². The minimum absolute atomic E-state index is 0.0944. The molecule has 1 aromatic heterocycles. The number of aromatic hydroxyl groups is 1. The Morgan fingerprint density at radius 2 is 2.05 bits per heavy atom. The molecular formula is C12H10FN3O3. The van der Waals surface area contributed by atoms with Crippen molar-refractivity contribution in [3.63, 3.8) is 0 Å². The molecule has 0 aliphatic rings. The van der Waals surface area contributed by atoms with Crippen LogP contribution < -0.4 is 16.6 Å². The number of benzene rings is 1. The van der Waals surface area contributed by atoms with Gasteiger partial charge in [-0.15, -0.1) is 0 Å². The van der Waals surface area contributed by atoms with Gasteiger partial charge in [0.25, 0.3) is 11.5 Å². The number of carbonyl (C=O) groups excluding carboxylic acids is 1. The second-order valence-corrected chi connectivity index (χ2v) is 3.81. The normalized spacial score (nSPS) is 10.2. The van der Waals surface area contributed by atoms with Gasteiger partial charge in [-0.3, -0.25) is 14.6 Å². The molecule has 2 rings (SSSR count). The van der Waals surface area contributed by atoms with Crippen molar-refractivity contribution in [3.8, 4) is 5.88 Å². The fraction of sp³-hybridized carbons (Fsp3) is 0. The molecule has 1 aromatic carbocycles. The Morgan fingerprint density at radius 1 is 1.32 bits per heavy atom. The van der Waals surface area contributed by atoms with Gasteiger partial charge in [-0.1, -0.05) is 0 Å². The fourth-order valence-corrected chi connectivity index (χ4v) is 1.49. The highest BCUT2D eigenvalue weighted by Crippen LogP contribution is 2.18. The average molecular weight is 263 g/mol. The molecule has 0 unspecified atom stereocenters. The fourth-order valence-electron chi connectivity index (χ4n) is 1.49. The van der Waals surface area contributed by atoms with Crippen LogP contribution in [-0.4, -0.2) is 16.0 Å². The highest BCUT2D eigenvalue weighted by molar-refractivity contribution is 6.04. The van der Waals surface area contributed by atoms with Crippen molar-refractivity contribution in [1.29, 1.82) is 0 Å². The van der Waals surface area contributed by atoms with Gasteiger partial charge in [-0.25, -0.2) is 4.39 Å². The summed E-state index contributed by atoms with van der Waals surface area (Å²) < 4.78 is 13.4. The molecule has 0 aliphatic carbocycles. The minimum Gasteiger partial charge on any atom is -0.494 e. The number of nitrogens with one attached hydrogen (secondary N) is 2. The molecule has 2 aromatic rings. The summed E-state index contributed by atoms with van der Waals surface area (Å²) in [5.74, 6) is -1.84. The van der Waals surface area contributed by atoms with Crippen LogP contribution in [-0.2, 0) is 0 Å². The smallest absolute Gasteiger partial charge is 0.256 e. The number of nitrogen functional groups attached to an aromatic ring is 1. The molecule has 6 nitrogen and oxygen atoms in total. The van der Waals surface area contributed by atoms with E-state index >= 15 is 0 Å².